The summed E-state index contributed by atoms with van der Waals surface area (Å²) in [5, 5.41) is 26.6. The third kappa shape index (κ3) is 2.42. The predicted octanol–water partition coefficient (Wildman–Crippen LogP) is -0.974. The van der Waals surface area contributed by atoms with E-state index in [0.717, 1.165) is 0 Å². The SMILES string of the molecule is CNCCC(O)C(O)c1cc2c(=O)[nH]cnn2c1. The minimum atomic E-state index is -1.03. The first-order valence-electron chi connectivity index (χ1n) is 5.70. The number of aromatic amines is 1. The lowest BCUT2D eigenvalue weighted by molar-refractivity contribution is 0.0141. The molecule has 18 heavy (non-hydrogen) atoms. The summed E-state index contributed by atoms with van der Waals surface area (Å²) in [5.74, 6) is 0. The van der Waals surface area contributed by atoms with Crippen molar-refractivity contribution in [3.8, 4) is 0 Å². The van der Waals surface area contributed by atoms with Crippen molar-refractivity contribution >= 4 is 5.52 Å². The Kier molecular flexibility index (Phi) is 3.75. The molecule has 98 valence electrons. The lowest BCUT2D eigenvalue weighted by atomic mass is 10.1. The summed E-state index contributed by atoms with van der Waals surface area (Å²) >= 11 is 0. The molecule has 0 aliphatic carbocycles. The summed E-state index contributed by atoms with van der Waals surface area (Å²) in [5.41, 5.74) is 0.531. The number of aliphatic hydroxyl groups is 2. The zero-order chi connectivity index (χ0) is 13.1. The maximum absolute atomic E-state index is 11.5. The van der Waals surface area contributed by atoms with E-state index >= 15 is 0 Å². The molecule has 0 radical (unpaired) electrons. The van der Waals surface area contributed by atoms with Crippen LogP contribution in [0.25, 0.3) is 5.52 Å². The van der Waals surface area contributed by atoms with Gasteiger partial charge in [-0.3, -0.25) is 4.79 Å². The van der Waals surface area contributed by atoms with Crippen LogP contribution in [0.2, 0.25) is 0 Å². The van der Waals surface area contributed by atoms with Crippen LogP contribution in [-0.4, -0.2) is 44.5 Å². The number of fused-ring (bicyclic) bond motifs is 1. The third-order valence-corrected chi connectivity index (χ3v) is 2.83. The molecule has 2 unspecified atom stereocenters. The highest BCUT2D eigenvalue weighted by Gasteiger charge is 2.20. The first kappa shape index (κ1) is 12.7. The number of aliphatic hydroxyl groups excluding tert-OH is 2. The molecule has 7 heteroatoms. The van der Waals surface area contributed by atoms with E-state index in [2.05, 4.69) is 15.4 Å². The van der Waals surface area contributed by atoms with E-state index in [9.17, 15) is 15.0 Å². The summed E-state index contributed by atoms with van der Waals surface area (Å²) in [6.07, 6.45) is 1.34. The lowest BCUT2D eigenvalue weighted by Gasteiger charge is -2.16. The molecule has 0 bridgehead atoms. The largest absolute Gasteiger partial charge is 0.390 e. The van der Waals surface area contributed by atoms with Gasteiger partial charge in [-0.15, -0.1) is 0 Å². The molecular weight excluding hydrogens is 236 g/mol. The highest BCUT2D eigenvalue weighted by atomic mass is 16.3. The van der Waals surface area contributed by atoms with Crippen molar-refractivity contribution in [1.82, 2.24) is 19.9 Å². The molecular formula is C11H16N4O3. The molecule has 0 spiro atoms. The molecule has 0 aliphatic rings. The Morgan fingerprint density at radius 1 is 1.56 bits per heavy atom. The van der Waals surface area contributed by atoms with Crippen molar-refractivity contribution < 1.29 is 10.2 Å². The minimum absolute atomic E-state index is 0.284. The van der Waals surface area contributed by atoms with E-state index in [4.69, 9.17) is 0 Å². The molecule has 0 saturated heterocycles. The van der Waals surface area contributed by atoms with Crippen molar-refractivity contribution in [1.29, 1.82) is 0 Å². The van der Waals surface area contributed by atoms with E-state index in [0.29, 0.717) is 24.0 Å². The second-order valence-electron chi connectivity index (χ2n) is 4.13. The Balaban J connectivity index is 2.25. The van der Waals surface area contributed by atoms with Crippen molar-refractivity contribution in [2.24, 2.45) is 0 Å². The van der Waals surface area contributed by atoms with Crippen LogP contribution in [-0.2, 0) is 0 Å². The van der Waals surface area contributed by atoms with Crippen LogP contribution in [0.15, 0.2) is 23.4 Å². The number of rotatable bonds is 5. The zero-order valence-electron chi connectivity index (χ0n) is 10.00. The standard InChI is InChI=1S/C11H16N4O3/c1-12-3-2-9(16)10(17)7-4-8-11(18)13-6-14-15(8)5-7/h4-6,9-10,12,16-17H,2-3H2,1H3,(H,13,14,18). The summed E-state index contributed by atoms with van der Waals surface area (Å²) in [7, 11) is 1.77. The Morgan fingerprint density at radius 2 is 2.33 bits per heavy atom. The number of aromatic nitrogens is 3. The zero-order valence-corrected chi connectivity index (χ0v) is 10.00. The predicted molar refractivity (Wildman–Crippen MR) is 65.3 cm³/mol. The van der Waals surface area contributed by atoms with Gasteiger partial charge in [0.2, 0.25) is 0 Å². The fraction of sp³-hybridized carbons (Fsp3) is 0.455. The van der Waals surface area contributed by atoms with Gasteiger partial charge in [0.15, 0.2) is 0 Å². The van der Waals surface area contributed by atoms with Crippen LogP contribution >= 0.6 is 0 Å². The van der Waals surface area contributed by atoms with Gasteiger partial charge in [0, 0.05) is 11.8 Å². The number of H-pyrrole nitrogens is 1. The fourth-order valence-electron chi connectivity index (χ4n) is 1.79. The molecule has 0 aliphatic heterocycles. The Labute approximate surface area is 103 Å². The number of hydrogen-bond acceptors (Lipinski definition) is 5. The molecule has 2 rings (SSSR count). The molecule has 2 heterocycles. The van der Waals surface area contributed by atoms with Gasteiger partial charge >= 0.3 is 0 Å². The van der Waals surface area contributed by atoms with Crippen LogP contribution in [0.5, 0.6) is 0 Å². The number of nitrogens with one attached hydrogen (secondary N) is 2. The Hall–Kier alpha value is -1.70. The van der Waals surface area contributed by atoms with Gasteiger partial charge in [0.05, 0.1) is 6.10 Å². The summed E-state index contributed by atoms with van der Waals surface area (Å²) in [6.45, 7) is 0.602. The molecule has 7 nitrogen and oxygen atoms in total. The van der Waals surface area contributed by atoms with Crippen LogP contribution in [0.1, 0.15) is 18.1 Å². The highest BCUT2D eigenvalue weighted by Crippen LogP contribution is 2.20. The van der Waals surface area contributed by atoms with Crippen molar-refractivity contribution in [3.05, 3.63) is 34.5 Å². The van der Waals surface area contributed by atoms with E-state index in [-0.39, 0.29) is 5.56 Å². The van der Waals surface area contributed by atoms with Gasteiger partial charge in [0.25, 0.3) is 5.56 Å². The second kappa shape index (κ2) is 5.30. The molecule has 0 amide bonds. The van der Waals surface area contributed by atoms with Crippen molar-refractivity contribution in [3.63, 3.8) is 0 Å². The van der Waals surface area contributed by atoms with Gasteiger partial charge in [-0.05, 0) is 26.1 Å². The average Bonchev–Trinajstić information content (AvgIpc) is 2.80. The highest BCUT2D eigenvalue weighted by molar-refractivity contribution is 5.47. The molecule has 2 aromatic heterocycles. The fourth-order valence-corrected chi connectivity index (χ4v) is 1.79. The summed E-state index contributed by atoms with van der Waals surface area (Å²) in [6, 6.07) is 1.53. The van der Waals surface area contributed by atoms with E-state index < -0.39 is 12.2 Å². The molecule has 2 atom stereocenters. The average molecular weight is 252 g/mol. The van der Waals surface area contributed by atoms with Gasteiger partial charge < -0.3 is 20.5 Å². The monoisotopic (exact) mass is 252 g/mol. The lowest BCUT2D eigenvalue weighted by Crippen LogP contribution is -2.23. The molecule has 0 aromatic carbocycles. The summed E-state index contributed by atoms with van der Waals surface area (Å²) < 4.78 is 1.38. The second-order valence-corrected chi connectivity index (χ2v) is 4.13. The maximum atomic E-state index is 11.5. The maximum Gasteiger partial charge on any atom is 0.275 e. The van der Waals surface area contributed by atoms with Gasteiger partial charge in [0.1, 0.15) is 17.9 Å². The molecule has 0 saturated carbocycles. The van der Waals surface area contributed by atoms with E-state index in [1.807, 2.05) is 0 Å². The molecule has 2 aromatic rings. The van der Waals surface area contributed by atoms with Crippen LogP contribution in [0, 0.1) is 0 Å². The van der Waals surface area contributed by atoms with Crippen LogP contribution < -0.4 is 10.9 Å². The molecule has 0 fully saturated rings. The van der Waals surface area contributed by atoms with Crippen LogP contribution in [0.3, 0.4) is 0 Å². The third-order valence-electron chi connectivity index (χ3n) is 2.83. The number of hydrogen-bond donors (Lipinski definition) is 4. The van der Waals surface area contributed by atoms with Crippen molar-refractivity contribution in [2.75, 3.05) is 13.6 Å². The van der Waals surface area contributed by atoms with E-state index in [1.165, 1.54) is 23.1 Å². The smallest absolute Gasteiger partial charge is 0.275 e. The van der Waals surface area contributed by atoms with Crippen molar-refractivity contribution in [2.45, 2.75) is 18.6 Å². The van der Waals surface area contributed by atoms with Gasteiger partial charge in [-0.25, -0.2) is 4.52 Å². The topological polar surface area (TPSA) is 103 Å². The first-order chi connectivity index (χ1) is 8.63. The normalized spacial score (nSPS) is 14.8. The van der Waals surface area contributed by atoms with Crippen LogP contribution in [0.4, 0.5) is 0 Å². The first-order valence-corrected chi connectivity index (χ1v) is 5.70. The summed E-state index contributed by atoms with van der Waals surface area (Å²) in [4.78, 5) is 13.9. The minimum Gasteiger partial charge on any atom is -0.390 e. The van der Waals surface area contributed by atoms with E-state index in [1.54, 1.807) is 7.05 Å². The van der Waals surface area contributed by atoms with Gasteiger partial charge in [-0.1, -0.05) is 0 Å². The van der Waals surface area contributed by atoms with Gasteiger partial charge in [-0.2, -0.15) is 5.10 Å². The quantitative estimate of drug-likeness (QED) is 0.548. The number of nitrogens with zero attached hydrogens (tertiary/aromatic N) is 2. The Bertz CT molecular complexity index is 577. The Morgan fingerprint density at radius 3 is 3.00 bits per heavy atom. The molecule has 4 N–H and O–H groups in total.